The molecule has 0 aromatic rings. The van der Waals surface area contributed by atoms with E-state index >= 15 is 0 Å². The Balaban J connectivity index is 2.78. The van der Waals surface area contributed by atoms with E-state index in [9.17, 15) is 9.59 Å². The number of carbonyl (C=O) groups excluding carboxylic acids is 2. The van der Waals surface area contributed by atoms with Crippen molar-refractivity contribution in [1.29, 1.82) is 0 Å². The third-order valence-electron chi connectivity index (χ3n) is 3.62. The Labute approximate surface area is 120 Å². The molecule has 1 aliphatic rings. The zero-order valence-corrected chi connectivity index (χ0v) is 12.9. The van der Waals surface area contributed by atoms with Gasteiger partial charge in [0.1, 0.15) is 11.6 Å². The summed E-state index contributed by atoms with van der Waals surface area (Å²) in [5.74, 6) is 1.72. The number of piperazine rings is 1. The van der Waals surface area contributed by atoms with Crippen LogP contribution < -0.4 is 5.32 Å². The second kappa shape index (κ2) is 6.98. The molecule has 0 bridgehead atoms. The minimum atomic E-state index is -0.744. The SMILES string of the molecule is C=CCSCCN1C(=O)C(C)(CC)NC(=O)C1CC. The molecule has 2 amide bonds. The van der Waals surface area contributed by atoms with Crippen LogP contribution in [0.15, 0.2) is 12.7 Å². The Morgan fingerprint density at radius 2 is 2.16 bits per heavy atom. The van der Waals surface area contributed by atoms with Gasteiger partial charge in [-0.2, -0.15) is 11.8 Å². The molecule has 2 unspecified atom stereocenters. The summed E-state index contributed by atoms with van der Waals surface area (Å²) in [7, 11) is 0. The topological polar surface area (TPSA) is 49.4 Å². The van der Waals surface area contributed by atoms with Crippen LogP contribution in [0.2, 0.25) is 0 Å². The lowest BCUT2D eigenvalue weighted by Crippen LogP contribution is -2.69. The molecular weight excluding hydrogens is 260 g/mol. The lowest BCUT2D eigenvalue weighted by atomic mass is 9.91. The Kier molecular flexibility index (Phi) is 5.91. The van der Waals surface area contributed by atoms with Crippen LogP contribution in [0.1, 0.15) is 33.6 Å². The van der Waals surface area contributed by atoms with Crippen LogP contribution in [0.4, 0.5) is 0 Å². The molecule has 4 nitrogen and oxygen atoms in total. The largest absolute Gasteiger partial charge is 0.340 e. The number of hydrogen-bond donors (Lipinski definition) is 1. The highest BCUT2D eigenvalue weighted by Crippen LogP contribution is 2.23. The number of nitrogens with zero attached hydrogens (tertiary/aromatic N) is 1. The van der Waals surface area contributed by atoms with E-state index in [4.69, 9.17) is 0 Å². The van der Waals surface area contributed by atoms with Crippen molar-refractivity contribution in [2.75, 3.05) is 18.1 Å². The molecule has 2 atom stereocenters. The molecule has 0 radical (unpaired) electrons. The van der Waals surface area contributed by atoms with Crippen molar-refractivity contribution < 1.29 is 9.59 Å². The maximum atomic E-state index is 12.5. The molecule has 0 aromatic heterocycles. The van der Waals surface area contributed by atoms with Gasteiger partial charge in [-0.05, 0) is 19.8 Å². The highest BCUT2D eigenvalue weighted by atomic mass is 32.2. The molecule has 19 heavy (non-hydrogen) atoms. The number of hydrogen-bond acceptors (Lipinski definition) is 3. The number of amides is 2. The number of thioether (sulfide) groups is 1. The summed E-state index contributed by atoms with van der Waals surface area (Å²) >= 11 is 1.73. The first kappa shape index (κ1) is 16.1. The first-order chi connectivity index (χ1) is 9.00. The summed E-state index contributed by atoms with van der Waals surface area (Å²) in [4.78, 5) is 26.4. The first-order valence-electron chi connectivity index (χ1n) is 6.81. The molecule has 5 heteroatoms. The second-order valence-corrected chi connectivity index (χ2v) is 6.11. The van der Waals surface area contributed by atoms with Crippen molar-refractivity contribution in [1.82, 2.24) is 10.2 Å². The van der Waals surface area contributed by atoms with Gasteiger partial charge >= 0.3 is 0 Å². The van der Waals surface area contributed by atoms with Gasteiger partial charge in [-0.25, -0.2) is 0 Å². The zero-order valence-electron chi connectivity index (χ0n) is 12.1. The van der Waals surface area contributed by atoms with E-state index in [2.05, 4.69) is 11.9 Å². The van der Waals surface area contributed by atoms with Gasteiger partial charge in [0.2, 0.25) is 11.8 Å². The third kappa shape index (κ3) is 3.53. The third-order valence-corrected chi connectivity index (χ3v) is 4.56. The molecule has 1 heterocycles. The maximum Gasteiger partial charge on any atom is 0.248 e. The fourth-order valence-electron chi connectivity index (χ4n) is 2.24. The van der Waals surface area contributed by atoms with Crippen molar-refractivity contribution in [2.45, 2.75) is 45.2 Å². The monoisotopic (exact) mass is 284 g/mol. The number of carbonyl (C=O) groups is 2. The summed E-state index contributed by atoms with van der Waals surface area (Å²) in [5, 5.41) is 2.87. The highest BCUT2D eigenvalue weighted by molar-refractivity contribution is 7.99. The van der Waals surface area contributed by atoms with Gasteiger partial charge in [0, 0.05) is 18.1 Å². The minimum Gasteiger partial charge on any atom is -0.340 e. The Morgan fingerprint density at radius 1 is 1.47 bits per heavy atom. The van der Waals surface area contributed by atoms with Gasteiger partial charge < -0.3 is 10.2 Å². The average Bonchev–Trinajstić information content (AvgIpc) is 2.40. The van der Waals surface area contributed by atoms with Crippen molar-refractivity contribution in [3.63, 3.8) is 0 Å². The second-order valence-electron chi connectivity index (χ2n) is 4.96. The van der Waals surface area contributed by atoms with Crippen LogP contribution in [0.25, 0.3) is 0 Å². The fourth-order valence-corrected chi connectivity index (χ4v) is 2.90. The van der Waals surface area contributed by atoms with E-state index in [1.165, 1.54) is 0 Å². The molecule has 1 aliphatic heterocycles. The van der Waals surface area contributed by atoms with Crippen molar-refractivity contribution in [2.24, 2.45) is 0 Å². The Bertz CT molecular complexity index is 359. The normalized spacial score (nSPS) is 27.3. The van der Waals surface area contributed by atoms with Crippen molar-refractivity contribution in [3.05, 3.63) is 12.7 Å². The summed E-state index contributed by atoms with van der Waals surface area (Å²) in [6, 6.07) is -0.323. The first-order valence-corrected chi connectivity index (χ1v) is 7.97. The van der Waals surface area contributed by atoms with Gasteiger partial charge in [-0.3, -0.25) is 9.59 Å². The van der Waals surface area contributed by atoms with E-state index in [0.717, 1.165) is 11.5 Å². The van der Waals surface area contributed by atoms with Crippen LogP contribution >= 0.6 is 11.8 Å². The van der Waals surface area contributed by atoms with E-state index in [0.29, 0.717) is 19.4 Å². The number of rotatable bonds is 7. The smallest absolute Gasteiger partial charge is 0.248 e. The van der Waals surface area contributed by atoms with Crippen LogP contribution in [0, 0.1) is 0 Å². The molecule has 0 spiro atoms. The fraction of sp³-hybridized carbons (Fsp3) is 0.714. The van der Waals surface area contributed by atoms with E-state index in [1.807, 2.05) is 26.8 Å². The molecule has 1 rings (SSSR count). The summed E-state index contributed by atoms with van der Waals surface area (Å²) in [6.45, 7) is 9.97. The van der Waals surface area contributed by atoms with Crippen LogP contribution in [0.5, 0.6) is 0 Å². The van der Waals surface area contributed by atoms with Crippen LogP contribution in [0.3, 0.4) is 0 Å². The molecule has 0 aromatic carbocycles. The molecule has 1 N–H and O–H groups in total. The molecule has 108 valence electrons. The van der Waals surface area contributed by atoms with Gasteiger partial charge in [0.05, 0.1) is 0 Å². The quantitative estimate of drug-likeness (QED) is 0.573. The molecule has 0 saturated carbocycles. The lowest BCUT2D eigenvalue weighted by Gasteiger charge is -2.44. The Hall–Kier alpha value is -0.970. The van der Waals surface area contributed by atoms with E-state index < -0.39 is 5.54 Å². The summed E-state index contributed by atoms with van der Waals surface area (Å²) in [6.07, 6.45) is 3.12. The lowest BCUT2D eigenvalue weighted by molar-refractivity contribution is -0.154. The maximum absolute atomic E-state index is 12.5. The summed E-state index contributed by atoms with van der Waals surface area (Å²) < 4.78 is 0. The van der Waals surface area contributed by atoms with Gasteiger partial charge in [0.15, 0.2) is 0 Å². The average molecular weight is 284 g/mol. The van der Waals surface area contributed by atoms with Crippen LogP contribution in [-0.2, 0) is 9.59 Å². The molecule has 0 aliphatic carbocycles. The van der Waals surface area contributed by atoms with E-state index in [-0.39, 0.29) is 17.9 Å². The van der Waals surface area contributed by atoms with Crippen LogP contribution in [-0.4, -0.2) is 46.3 Å². The van der Waals surface area contributed by atoms with Gasteiger partial charge in [-0.1, -0.05) is 19.9 Å². The molecule has 1 saturated heterocycles. The molecular formula is C14H24N2O2S. The van der Waals surface area contributed by atoms with Gasteiger partial charge in [0.25, 0.3) is 0 Å². The summed E-state index contributed by atoms with van der Waals surface area (Å²) in [5.41, 5.74) is -0.744. The Morgan fingerprint density at radius 3 is 2.68 bits per heavy atom. The van der Waals surface area contributed by atoms with Crippen molar-refractivity contribution in [3.8, 4) is 0 Å². The predicted molar refractivity (Wildman–Crippen MR) is 80.2 cm³/mol. The van der Waals surface area contributed by atoms with E-state index in [1.54, 1.807) is 16.7 Å². The van der Waals surface area contributed by atoms with Gasteiger partial charge in [-0.15, -0.1) is 6.58 Å². The highest BCUT2D eigenvalue weighted by Gasteiger charge is 2.45. The minimum absolute atomic E-state index is 0.0276. The molecule has 1 fully saturated rings. The van der Waals surface area contributed by atoms with Crippen molar-refractivity contribution >= 4 is 23.6 Å². The predicted octanol–water partition coefficient (Wildman–Crippen LogP) is 1.81. The zero-order chi connectivity index (χ0) is 14.5. The standard InChI is InChI=1S/C14H24N2O2S/c1-5-9-19-10-8-16-11(6-2)12(17)15-14(4,7-3)13(16)18/h5,11H,1,6-10H2,2-4H3,(H,15,17). The number of nitrogens with one attached hydrogen (secondary N) is 1.